The van der Waals surface area contributed by atoms with Crippen molar-refractivity contribution >= 4 is 27.5 Å². The molecular weight excluding hydrogens is 341 g/mol. The SMILES string of the molecule is COc1cc(C(=O)Nc2ccc(F)cc2)cc(OC)c1Br. The number of ether oxygens (including phenoxy) is 2. The maximum absolute atomic E-state index is 12.8. The first-order chi connectivity index (χ1) is 10.0. The van der Waals surface area contributed by atoms with Gasteiger partial charge in [0.25, 0.3) is 5.91 Å². The van der Waals surface area contributed by atoms with Gasteiger partial charge in [-0.2, -0.15) is 0 Å². The predicted octanol–water partition coefficient (Wildman–Crippen LogP) is 3.86. The number of halogens is 2. The van der Waals surface area contributed by atoms with Crippen molar-refractivity contribution in [3.8, 4) is 11.5 Å². The van der Waals surface area contributed by atoms with Crippen LogP contribution in [0.1, 0.15) is 10.4 Å². The topological polar surface area (TPSA) is 47.6 Å². The van der Waals surface area contributed by atoms with Gasteiger partial charge in [-0.3, -0.25) is 4.79 Å². The van der Waals surface area contributed by atoms with Gasteiger partial charge in [0.2, 0.25) is 0 Å². The third-order valence-electron chi connectivity index (χ3n) is 2.81. The number of carbonyl (C=O) groups excluding carboxylic acids is 1. The molecule has 0 heterocycles. The van der Waals surface area contributed by atoms with Gasteiger partial charge < -0.3 is 14.8 Å². The lowest BCUT2D eigenvalue weighted by atomic mass is 10.1. The maximum Gasteiger partial charge on any atom is 0.255 e. The number of anilines is 1. The first-order valence-corrected chi connectivity index (χ1v) is 6.83. The Balaban J connectivity index is 2.28. The van der Waals surface area contributed by atoms with Crippen LogP contribution in [0.25, 0.3) is 0 Å². The highest BCUT2D eigenvalue weighted by Crippen LogP contribution is 2.35. The molecule has 6 heteroatoms. The first-order valence-electron chi connectivity index (χ1n) is 6.03. The quantitative estimate of drug-likeness (QED) is 0.907. The molecule has 2 aromatic carbocycles. The molecule has 0 atom stereocenters. The first kappa shape index (κ1) is 15.3. The molecule has 2 rings (SSSR count). The van der Waals surface area contributed by atoms with E-state index in [-0.39, 0.29) is 11.7 Å². The fourth-order valence-corrected chi connectivity index (χ4v) is 2.29. The summed E-state index contributed by atoms with van der Waals surface area (Å²) in [5.41, 5.74) is 0.874. The minimum Gasteiger partial charge on any atom is -0.495 e. The summed E-state index contributed by atoms with van der Waals surface area (Å²) in [5.74, 6) is 0.267. The van der Waals surface area contributed by atoms with E-state index in [2.05, 4.69) is 21.2 Å². The lowest BCUT2D eigenvalue weighted by Crippen LogP contribution is -2.12. The van der Waals surface area contributed by atoms with Gasteiger partial charge in [-0.25, -0.2) is 4.39 Å². The van der Waals surface area contributed by atoms with Gasteiger partial charge in [0.15, 0.2) is 0 Å². The van der Waals surface area contributed by atoms with Crippen molar-refractivity contribution in [2.45, 2.75) is 0 Å². The van der Waals surface area contributed by atoms with E-state index in [9.17, 15) is 9.18 Å². The monoisotopic (exact) mass is 353 g/mol. The van der Waals surface area contributed by atoms with E-state index >= 15 is 0 Å². The van der Waals surface area contributed by atoms with Crippen LogP contribution in [0.5, 0.6) is 11.5 Å². The largest absolute Gasteiger partial charge is 0.495 e. The van der Waals surface area contributed by atoms with Gasteiger partial charge in [0.1, 0.15) is 21.8 Å². The highest BCUT2D eigenvalue weighted by Gasteiger charge is 2.14. The molecule has 1 N–H and O–H groups in total. The number of carbonyl (C=O) groups is 1. The molecule has 0 bridgehead atoms. The Bertz CT molecular complexity index is 633. The third kappa shape index (κ3) is 3.52. The van der Waals surface area contributed by atoms with Crippen molar-refractivity contribution in [3.63, 3.8) is 0 Å². The predicted molar refractivity (Wildman–Crippen MR) is 81.6 cm³/mol. The zero-order valence-corrected chi connectivity index (χ0v) is 13.0. The van der Waals surface area contributed by atoms with Crippen LogP contribution >= 0.6 is 15.9 Å². The highest BCUT2D eigenvalue weighted by molar-refractivity contribution is 9.10. The third-order valence-corrected chi connectivity index (χ3v) is 3.59. The second-order valence-electron chi connectivity index (χ2n) is 4.16. The van der Waals surface area contributed by atoms with Gasteiger partial charge in [-0.1, -0.05) is 0 Å². The number of benzene rings is 2. The average molecular weight is 354 g/mol. The van der Waals surface area contributed by atoms with Crippen molar-refractivity contribution in [2.75, 3.05) is 19.5 Å². The fraction of sp³-hybridized carbons (Fsp3) is 0.133. The number of methoxy groups -OCH3 is 2. The molecule has 110 valence electrons. The van der Waals surface area contributed by atoms with Gasteiger partial charge >= 0.3 is 0 Å². The molecule has 0 unspecified atom stereocenters. The molecule has 4 nitrogen and oxygen atoms in total. The van der Waals surface area contributed by atoms with Gasteiger partial charge in [0.05, 0.1) is 14.2 Å². The summed E-state index contributed by atoms with van der Waals surface area (Å²) in [5, 5.41) is 2.68. The Morgan fingerprint density at radius 1 is 1.10 bits per heavy atom. The van der Waals surface area contributed by atoms with E-state index in [4.69, 9.17) is 9.47 Å². The summed E-state index contributed by atoms with van der Waals surface area (Å²) >= 11 is 3.34. The van der Waals surface area contributed by atoms with Crippen molar-refractivity contribution < 1.29 is 18.7 Å². The second-order valence-corrected chi connectivity index (χ2v) is 4.95. The van der Waals surface area contributed by atoms with Crippen LogP contribution in [0.15, 0.2) is 40.9 Å². The maximum atomic E-state index is 12.8. The van der Waals surface area contributed by atoms with E-state index in [1.54, 1.807) is 12.1 Å². The summed E-state index contributed by atoms with van der Waals surface area (Å²) < 4.78 is 23.8. The number of rotatable bonds is 4. The molecule has 0 saturated carbocycles. The second kappa shape index (κ2) is 6.58. The van der Waals surface area contributed by atoms with Crippen LogP contribution in [-0.2, 0) is 0 Å². The standard InChI is InChI=1S/C15H13BrFNO3/c1-20-12-7-9(8-13(21-2)14(12)16)15(19)18-11-5-3-10(17)4-6-11/h3-8H,1-2H3,(H,18,19). The van der Waals surface area contributed by atoms with Crippen molar-refractivity contribution in [1.82, 2.24) is 0 Å². The summed E-state index contributed by atoms with van der Waals surface area (Å²) in [7, 11) is 3.00. The molecule has 0 fully saturated rings. The normalized spacial score (nSPS) is 10.1. The van der Waals surface area contributed by atoms with Crippen molar-refractivity contribution in [2.24, 2.45) is 0 Å². The van der Waals surface area contributed by atoms with Crippen LogP contribution < -0.4 is 14.8 Å². The van der Waals surface area contributed by atoms with Crippen molar-refractivity contribution in [1.29, 1.82) is 0 Å². The lowest BCUT2D eigenvalue weighted by molar-refractivity contribution is 0.102. The fourth-order valence-electron chi connectivity index (χ4n) is 1.74. The number of amides is 1. The van der Waals surface area contributed by atoms with Crippen LogP contribution in [0.2, 0.25) is 0 Å². The molecule has 0 saturated heterocycles. The van der Waals surface area contributed by atoms with Crippen LogP contribution in [0.3, 0.4) is 0 Å². The molecule has 2 aromatic rings. The van der Waals surface area contributed by atoms with E-state index in [0.717, 1.165) is 0 Å². The Morgan fingerprint density at radius 2 is 1.62 bits per heavy atom. The molecule has 1 amide bonds. The molecule has 0 radical (unpaired) electrons. The lowest BCUT2D eigenvalue weighted by Gasteiger charge is -2.11. The Morgan fingerprint density at radius 3 is 2.10 bits per heavy atom. The van der Waals surface area contributed by atoms with Crippen LogP contribution in [0, 0.1) is 5.82 Å². The van der Waals surface area contributed by atoms with Gasteiger partial charge in [-0.05, 0) is 52.3 Å². The van der Waals surface area contributed by atoms with E-state index in [1.165, 1.54) is 38.5 Å². The Kier molecular flexibility index (Phi) is 4.80. The Hall–Kier alpha value is -2.08. The van der Waals surface area contributed by atoms with Crippen LogP contribution in [-0.4, -0.2) is 20.1 Å². The molecule has 0 spiro atoms. The Labute approximate surface area is 130 Å². The molecule has 0 aromatic heterocycles. The molecule has 0 aliphatic heterocycles. The number of hydrogen-bond acceptors (Lipinski definition) is 3. The summed E-state index contributed by atoms with van der Waals surface area (Å²) in [6.07, 6.45) is 0. The summed E-state index contributed by atoms with van der Waals surface area (Å²) in [4.78, 5) is 12.2. The molecule has 21 heavy (non-hydrogen) atoms. The van der Waals surface area contributed by atoms with E-state index in [1.807, 2.05) is 0 Å². The zero-order chi connectivity index (χ0) is 15.4. The van der Waals surface area contributed by atoms with Gasteiger partial charge in [0, 0.05) is 11.3 Å². The minimum absolute atomic E-state index is 0.342. The minimum atomic E-state index is -0.361. The average Bonchev–Trinajstić information content (AvgIpc) is 2.49. The highest BCUT2D eigenvalue weighted by atomic mass is 79.9. The van der Waals surface area contributed by atoms with Crippen molar-refractivity contribution in [3.05, 3.63) is 52.3 Å². The summed E-state index contributed by atoms with van der Waals surface area (Å²) in [6.45, 7) is 0. The summed E-state index contributed by atoms with van der Waals surface area (Å²) in [6, 6.07) is 8.70. The van der Waals surface area contributed by atoms with Crippen LogP contribution in [0.4, 0.5) is 10.1 Å². The zero-order valence-electron chi connectivity index (χ0n) is 11.4. The molecule has 0 aliphatic rings. The van der Waals surface area contributed by atoms with E-state index < -0.39 is 0 Å². The number of nitrogens with one attached hydrogen (secondary N) is 1. The number of hydrogen-bond donors (Lipinski definition) is 1. The van der Waals surface area contributed by atoms with Gasteiger partial charge in [-0.15, -0.1) is 0 Å². The molecular formula is C15H13BrFNO3. The molecule has 0 aliphatic carbocycles. The smallest absolute Gasteiger partial charge is 0.255 e. The van der Waals surface area contributed by atoms with E-state index in [0.29, 0.717) is 27.2 Å².